The molecule has 1 aromatic carbocycles. The van der Waals surface area contributed by atoms with Crippen molar-refractivity contribution >= 4 is 17.9 Å². The van der Waals surface area contributed by atoms with E-state index in [-0.39, 0.29) is 0 Å². The third kappa shape index (κ3) is 2.71. The van der Waals surface area contributed by atoms with Gasteiger partial charge in [-0.3, -0.25) is 9.48 Å². The van der Waals surface area contributed by atoms with E-state index in [2.05, 4.69) is 5.10 Å². The quantitative estimate of drug-likeness (QED) is 0.798. The lowest BCUT2D eigenvalue weighted by atomic mass is 10.2. The van der Waals surface area contributed by atoms with Crippen LogP contribution in [0.25, 0.3) is 0 Å². The lowest BCUT2D eigenvalue weighted by Crippen LogP contribution is -2.03. The molecule has 2 aromatic rings. The second-order valence-corrected chi connectivity index (χ2v) is 4.40. The van der Waals surface area contributed by atoms with Gasteiger partial charge in [-0.1, -0.05) is 11.6 Å². The highest BCUT2D eigenvalue weighted by atomic mass is 35.5. The minimum atomic E-state index is 0.386. The Bertz CT molecular complexity index is 578. The topological polar surface area (TPSA) is 44.1 Å². The van der Waals surface area contributed by atoms with Gasteiger partial charge in [-0.05, 0) is 31.2 Å². The van der Waals surface area contributed by atoms with Crippen molar-refractivity contribution in [1.82, 2.24) is 9.78 Å². The molecule has 18 heavy (non-hydrogen) atoms. The number of aldehydes is 1. The third-order valence-electron chi connectivity index (χ3n) is 2.57. The van der Waals surface area contributed by atoms with Gasteiger partial charge < -0.3 is 4.74 Å². The Hall–Kier alpha value is -1.81. The summed E-state index contributed by atoms with van der Waals surface area (Å²) in [6, 6.07) is 6.89. The first-order valence-electron chi connectivity index (χ1n) is 5.47. The highest BCUT2D eigenvalue weighted by molar-refractivity contribution is 6.32. The predicted octanol–water partition coefficient (Wildman–Crippen LogP) is 2.77. The molecule has 0 unspecified atom stereocenters. The van der Waals surface area contributed by atoms with Crippen molar-refractivity contribution in [2.24, 2.45) is 7.05 Å². The fourth-order valence-corrected chi connectivity index (χ4v) is 1.90. The van der Waals surface area contributed by atoms with E-state index in [0.29, 0.717) is 22.9 Å². The van der Waals surface area contributed by atoms with Gasteiger partial charge in [-0.2, -0.15) is 5.10 Å². The number of carbonyl (C=O) groups is 1. The Morgan fingerprint density at radius 2 is 2.22 bits per heavy atom. The molecule has 0 amide bonds. The van der Waals surface area contributed by atoms with Gasteiger partial charge >= 0.3 is 0 Å². The van der Waals surface area contributed by atoms with Gasteiger partial charge in [0.25, 0.3) is 0 Å². The zero-order valence-electron chi connectivity index (χ0n) is 10.2. The summed E-state index contributed by atoms with van der Waals surface area (Å²) in [5.74, 6) is 0.557. The molecule has 0 bridgehead atoms. The van der Waals surface area contributed by atoms with Crippen molar-refractivity contribution in [1.29, 1.82) is 0 Å². The summed E-state index contributed by atoms with van der Waals surface area (Å²) in [5.41, 5.74) is 2.44. The number of aryl methyl sites for hydroxylation is 2. The molecule has 0 atom stereocenters. The van der Waals surface area contributed by atoms with Crippen LogP contribution in [-0.4, -0.2) is 16.1 Å². The van der Waals surface area contributed by atoms with Crippen LogP contribution in [0.5, 0.6) is 5.75 Å². The Morgan fingerprint density at radius 1 is 1.44 bits per heavy atom. The van der Waals surface area contributed by atoms with Gasteiger partial charge in [0.15, 0.2) is 0 Å². The minimum absolute atomic E-state index is 0.386. The van der Waals surface area contributed by atoms with Crippen molar-refractivity contribution in [3.8, 4) is 5.75 Å². The summed E-state index contributed by atoms with van der Waals surface area (Å²) >= 11 is 6.01. The maximum absolute atomic E-state index is 10.6. The first-order chi connectivity index (χ1) is 8.60. The largest absolute Gasteiger partial charge is 0.486 e. The van der Waals surface area contributed by atoms with Gasteiger partial charge in [-0.15, -0.1) is 0 Å². The van der Waals surface area contributed by atoms with E-state index in [4.69, 9.17) is 16.3 Å². The number of nitrogens with zero attached hydrogens (tertiary/aromatic N) is 2. The molecule has 0 radical (unpaired) electrons. The summed E-state index contributed by atoms with van der Waals surface area (Å²) in [6.07, 6.45) is 0.750. The fraction of sp³-hybridized carbons (Fsp3) is 0.231. The van der Waals surface area contributed by atoms with Gasteiger partial charge in [-0.25, -0.2) is 0 Å². The zero-order chi connectivity index (χ0) is 13.1. The first kappa shape index (κ1) is 12.6. The molecule has 1 aromatic heterocycles. The van der Waals surface area contributed by atoms with Crippen LogP contribution >= 0.6 is 11.6 Å². The molecular weight excluding hydrogens is 252 g/mol. The molecule has 2 rings (SSSR count). The summed E-state index contributed by atoms with van der Waals surface area (Å²) in [5, 5.41) is 4.66. The number of carbonyl (C=O) groups excluding carboxylic acids is 1. The molecule has 4 nitrogen and oxygen atoms in total. The van der Waals surface area contributed by atoms with Gasteiger partial charge in [0.2, 0.25) is 0 Å². The molecule has 0 saturated carbocycles. The highest BCUT2D eigenvalue weighted by Crippen LogP contribution is 2.25. The van der Waals surface area contributed by atoms with E-state index in [1.54, 1.807) is 22.9 Å². The number of rotatable bonds is 4. The Morgan fingerprint density at radius 3 is 2.78 bits per heavy atom. The van der Waals surface area contributed by atoms with Crippen molar-refractivity contribution in [3.63, 3.8) is 0 Å². The molecule has 94 valence electrons. The summed E-state index contributed by atoms with van der Waals surface area (Å²) in [4.78, 5) is 10.6. The predicted molar refractivity (Wildman–Crippen MR) is 69.1 cm³/mol. The Balaban J connectivity index is 2.10. The zero-order valence-corrected chi connectivity index (χ0v) is 10.9. The van der Waals surface area contributed by atoms with Crippen molar-refractivity contribution < 1.29 is 9.53 Å². The van der Waals surface area contributed by atoms with Crippen molar-refractivity contribution in [3.05, 3.63) is 46.2 Å². The minimum Gasteiger partial charge on any atom is -0.486 e. The van der Waals surface area contributed by atoms with E-state index in [0.717, 1.165) is 17.7 Å². The maximum atomic E-state index is 10.6. The van der Waals surface area contributed by atoms with Crippen molar-refractivity contribution in [2.45, 2.75) is 13.5 Å². The SMILES string of the molecule is Cc1cc(COc2ccc(C=O)cc2Cl)n(C)n1. The average molecular weight is 265 g/mol. The van der Waals surface area contributed by atoms with Crippen LogP contribution in [0, 0.1) is 6.92 Å². The second kappa shape index (κ2) is 5.23. The third-order valence-corrected chi connectivity index (χ3v) is 2.86. The average Bonchev–Trinajstić information content (AvgIpc) is 2.66. The molecule has 1 heterocycles. The van der Waals surface area contributed by atoms with Gasteiger partial charge in [0.1, 0.15) is 18.6 Å². The second-order valence-electron chi connectivity index (χ2n) is 4.00. The van der Waals surface area contributed by atoms with Crippen LogP contribution in [0.1, 0.15) is 21.7 Å². The van der Waals surface area contributed by atoms with Crippen molar-refractivity contribution in [2.75, 3.05) is 0 Å². The van der Waals surface area contributed by atoms with Crippen LogP contribution in [0.3, 0.4) is 0 Å². The summed E-state index contributed by atoms with van der Waals surface area (Å²) in [7, 11) is 1.86. The molecule has 0 aliphatic rings. The van der Waals surface area contributed by atoms with Crippen LogP contribution in [0.15, 0.2) is 24.3 Å². The summed E-state index contributed by atoms with van der Waals surface area (Å²) in [6.45, 7) is 2.31. The van der Waals surface area contributed by atoms with Gasteiger partial charge in [0, 0.05) is 12.6 Å². The first-order valence-corrected chi connectivity index (χ1v) is 5.85. The molecule has 0 fully saturated rings. The van der Waals surface area contributed by atoms with Crippen LogP contribution in [0.4, 0.5) is 0 Å². The van der Waals surface area contributed by atoms with Crippen LogP contribution < -0.4 is 4.74 Å². The highest BCUT2D eigenvalue weighted by Gasteiger charge is 2.06. The van der Waals surface area contributed by atoms with Crippen LogP contribution in [0.2, 0.25) is 5.02 Å². The normalized spacial score (nSPS) is 10.4. The molecular formula is C13H13ClN2O2. The molecule has 0 aliphatic carbocycles. The number of aromatic nitrogens is 2. The molecule has 0 N–H and O–H groups in total. The summed E-state index contributed by atoms with van der Waals surface area (Å²) < 4.78 is 7.37. The van der Waals surface area contributed by atoms with Crippen LogP contribution in [-0.2, 0) is 13.7 Å². The number of hydrogen-bond acceptors (Lipinski definition) is 3. The van der Waals surface area contributed by atoms with Gasteiger partial charge in [0.05, 0.1) is 16.4 Å². The number of hydrogen-bond donors (Lipinski definition) is 0. The lowest BCUT2D eigenvalue weighted by Gasteiger charge is -2.08. The smallest absolute Gasteiger partial charge is 0.150 e. The number of benzene rings is 1. The number of ether oxygens (including phenoxy) is 1. The maximum Gasteiger partial charge on any atom is 0.150 e. The standard InChI is InChI=1S/C13H13ClN2O2/c1-9-5-11(16(2)15-9)8-18-13-4-3-10(7-17)6-12(13)14/h3-7H,8H2,1-2H3. The van der Waals surface area contributed by atoms with E-state index in [9.17, 15) is 4.79 Å². The fourth-order valence-electron chi connectivity index (χ4n) is 1.66. The molecule has 0 spiro atoms. The van der Waals surface area contributed by atoms with E-state index < -0.39 is 0 Å². The lowest BCUT2D eigenvalue weighted by molar-refractivity contribution is 0.112. The number of halogens is 1. The molecule has 0 saturated heterocycles. The monoisotopic (exact) mass is 264 g/mol. The van der Waals surface area contributed by atoms with E-state index in [1.165, 1.54) is 0 Å². The van der Waals surface area contributed by atoms with E-state index in [1.807, 2.05) is 20.0 Å². The van der Waals surface area contributed by atoms with E-state index >= 15 is 0 Å². The molecule has 5 heteroatoms. The Kier molecular flexibility index (Phi) is 3.67. The Labute approximate surface area is 110 Å². The molecule has 0 aliphatic heterocycles.